The van der Waals surface area contributed by atoms with E-state index < -0.39 is 10.0 Å². The predicted octanol–water partition coefficient (Wildman–Crippen LogP) is 1.29. The summed E-state index contributed by atoms with van der Waals surface area (Å²) in [6.45, 7) is 1.30. The van der Waals surface area contributed by atoms with Gasteiger partial charge in [-0.25, -0.2) is 0 Å². The monoisotopic (exact) mass is 382 g/mol. The fourth-order valence-electron chi connectivity index (χ4n) is 2.40. The molecule has 1 amide bonds. The molecular weight excluding hydrogens is 368 g/mol. The van der Waals surface area contributed by atoms with Crippen molar-refractivity contribution in [3.05, 3.63) is 23.8 Å². The molecule has 132 valence electrons. The second-order valence-electron chi connectivity index (χ2n) is 5.19. The summed E-state index contributed by atoms with van der Waals surface area (Å²) in [6.07, 6.45) is 0.0523. The van der Waals surface area contributed by atoms with Crippen LogP contribution < -0.4 is 14.4 Å². The zero-order valence-corrected chi connectivity index (χ0v) is 15.0. The molecule has 1 aliphatic rings. The summed E-state index contributed by atoms with van der Waals surface area (Å²) in [4.78, 5) is 23.2. The Morgan fingerprint density at radius 2 is 2.12 bits per heavy atom. The zero-order valence-electron chi connectivity index (χ0n) is 13.3. The van der Waals surface area contributed by atoms with Crippen LogP contribution in [0.15, 0.2) is 22.5 Å². The van der Waals surface area contributed by atoms with Crippen LogP contribution in [0.3, 0.4) is 0 Å². The van der Waals surface area contributed by atoms with Crippen LogP contribution in [0.4, 0.5) is 10.8 Å². The number of fused-ring (bicyclic) bond motifs is 1. The Labute approximate surface area is 147 Å². The standard InChI is InChI=1S/C14H14N4O5S2/c1-8(19)15-13-16-17-14(24-13)25(21,22)18-6-5-12(20)10-7-9(23-2)3-4-11(10)18/h3-4,7H,5-6H2,1-2H3,(H,15,16,19). The van der Waals surface area contributed by atoms with Gasteiger partial charge in [-0.1, -0.05) is 11.3 Å². The van der Waals surface area contributed by atoms with Crippen LogP contribution in [0.25, 0.3) is 0 Å². The molecule has 1 aromatic carbocycles. The molecule has 3 rings (SSSR count). The molecule has 0 aliphatic carbocycles. The van der Waals surface area contributed by atoms with Crippen molar-refractivity contribution in [2.75, 3.05) is 23.3 Å². The molecule has 0 unspecified atom stereocenters. The minimum Gasteiger partial charge on any atom is -0.497 e. The number of anilines is 2. The number of rotatable bonds is 4. The quantitative estimate of drug-likeness (QED) is 0.791. The lowest BCUT2D eigenvalue weighted by Crippen LogP contribution is -2.37. The number of amides is 1. The number of carbonyl (C=O) groups excluding carboxylic acids is 2. The SMILES string of the molecule is COc1ccc2c(c1)C(=O)CCN2S(=O)(=O)c1nnc(NC(C)=O)s1. The first-order chi connectivity index (χ1) is 11.8. The third kappa shape index (κ3) is 3.20. The van der Waals surface area contributed by atoms with Crippen LogP contribution in [-0.4, -0.2) is 44.0 Å². The smallest absolute Gasteiger partial charge is 0.293 e. The Hall–Kier alpha value is -2.53. The maximum absolute atomic E-state index is 12.9. The van der Waals surface area contributed by atoms with Gasteiger partial charge in [0.15, 0.2) is 5.78 Å². The number of ether oxygens (including phenoxy) is 1. The third-order valence-electron chi connectivity index (χ3n) is 3.52. The average Bonchev–Trinajstić information content (AvgIpc) is 3.03. The minimum atomic E-state index is -4.00. The van der Waals surface area contributed by atoms with Gasteiger partial charge in [0.2, 0.25) is 11.0 Å². The first kappa shape index (κ1) is 17.3. The summed E-state index contributed by atoms with van der Waals surface area (Å²) in [5.74, 6) is -0.0622. The number of methoxy groups -OCH3 is 1. The lowest BCUT2D eigenvalue weighted by molar-refractivity contribution is -0.114. The molecule has 0 bridgehead atoms. The second kappa shape index (κ2) is 6.41. The summed E-state index contributed by atoms with van der Waals surface area (Å²) in [5, 5.41) is 9.80. The molecule has 2 heterocycles. The normalized spacial score (nSPS) is 14.2. The molecule has 2 aromatic rings. The first-order valence-electron chi connectivity index (χ1n) is 7.18. The van der Waals surface area contributed by atoms with E-state index in [9.17, 15) is 18.0 Å². The van der Waals surface area contributed by atoms with Crippen molar-refractivity contribution in [1.82, 2.24) is 10.2 Å². The molecule has 9 nitrogen and oxygen atoms in total. The number of sulfonamides is 1. The van der Waals surface area contributed by atoms with Gasteiger partial charge in [0.25, 0.3) is 14.4 Å². The van der Waals surface area contributed by atoms with E-state index in [1.807, 2.05) is 0 Å². The lowest BCUT2D eigenvalue weighted by atomic mass is 10.0. The van der Waals surface area contributed by atoms with Gasteiger partial charge in [-0.3, -0.25) is 13.9 Å². The van der Waals surface area contributed by atoms with E-state index in [1.54, 1.807) is 6.07 Å². The van der Waals surface area contributed by atoms with Crippen LogP contribution in [0.5, 0.6) is 5.75 Å². The topological polar surface area (TPSA) is 119 Å². The molecule has 0 radical (unpaired) electrons. The highest BCUT2D eigenvalue weighted by Crippen LogP contribution is 2.35. The molecule has 0 saturated carbocycles. The van der Waals surface area contributed by atoms with Crippen LogP contribution in [0.2, 0.25) is 0 Å². The van der Waals surface area contributed by atoms with Crippen molar-refractivity contribution in [1.29, 1.82) is 0 Å². The number of carbonyl (C=O) groups is 2. The lowest BCUT2D eigenvalue weighted by Gasteiger charge is -2.28. The van der Waals surface area contributed by atoms with Gasteiger partial charge in [-0.15, -0.1) is 10.2 Å². The highest BCUT2D eigenvalue weighted by atomic mass is 32.2. The third-order valence-corrected chi connectivity index (χ3v) is 6.51. The van der Waals surface area contributed by atoms with Crippen molar-refractivity contribution < 1.29 is 22.7 Å². The van der Waals surface area contributed by atoms with Crippen molar-refractivity contribution in [3.8, 4) is 5.75 Å². The molecule has 1 aromatic heterocycles. The fourth-order valence-corrected chi connectivity index (χ4v) is 4.93. The molecular formula is C14H14N4O5S2. The number of nitrogens with one attached hydrogen (secondary N) is 1. The van der Waals surface area contributed by atoms with Crippen LogP contribution in [-0.2, 0) is 14.8 Å². The largest absolute Gasteiger partial charge is 0.497 e. The summed E-state index contributed by atoms with van der Waals surface area (Å²) in [7, 11) is -2.53. The Balaban J connectivity index is 2.01. The van der Waals surface area contributed by atoms with Crippen molar-refractivity contribution in [3.63, 3.8) is 0 Å². The molecule has 0 atom stereocenters. The van der Waals surface area contributed by atoms with Crippen LogP contribution in [0.1, 0.15) is 23.7 Å². The maximum Gasteiger partial charge on any atom is 0.293 e. The van der Waals surface area contributed by atoms with Gasteiger partial charge in [-0.2, -0.15) is 8.42 Å². The van der Waals surface area contributed by atoms with E-state index in [0.29, 0.717) is 5.75 Å². The van der Waals surface area contributed by atoms with Gasteiger partial charge in [0.05, 0.1) is 12.8 Å². The summed E-state index contributed by atoms with van der Waals surface area (Å²) < 4.78 is 31.7. The van der Waals surface area contributed by atoms with Gasteiger partial charge < -0.3 is 10.1 Å². The average molecular weight is 382 g/mol. The summed E-state index contributed by atoms with van der Waals surface area (Å²) >= 11 is 0.752. The fraction of sp³-hybridized carbons (Fsp3) is 0.286. The molecule has 0 saturated heterocycles. The van der Waals surface area contributed by atoms with E-state index in [2.05, 4.69) is 15.5 Å². The highest BCUT2D eigenvalue weighted by molar-refractivity contribution is 7.94. The number of Topliss-reactive ketones (excluding diaryl/α,β-unsaturated/α-hetero) is 1. The summed E-state index contributed by atoms with van der Waals surface area (Å²) in [5.41, 5.74) is 0.550. The summed E-state index contributed by atoms with van der Waals surface area (Å²) in [6, 6.07) is 4.63. The molecule has 11 heteroatoms. The van der Waals surface area contributed by atoms with E-state index in [1.165, 1.54) is 26.2 Å². The molecule has 1 aliphatic heterocycles. The Kier molecular flexibility index (Phi) is 4.43. The van der Waals surface area contributed by atoms with Gasteiger partial charge in [0.1, 0.15) is 5.75 Å². The number of ketones is 1. The molecule has 1 N–H and O–H groups in total. The van der Waals surface area contributed by atoms with Crippen molar-refractivity contribution in [2.24, 2.45) is 0 Å². The molecule has 0 spiro atoms. The predicted molar refractivity (Wildman–Crippen MR) is 90.7 cm³/mol. The van der Waals surface area contributed by atoms with E-state index in [0.717, 1.165) is 15.6 Å². The van der Waals surface area contributed by atoms with Crippen LogP contribution in [0, 0.1) is 0 Å². The van der Waals surface area contributed by atoms with Gasteiger partial charge in [0, 0.05) is 25.5 Å². The molecule has 25 heavy (non-hydrogen) atoms. The van der Waals surface area contributed by atoms with Gasteiger partial charge >= 0.3 is 0 Å². The number of hydrogen-bond acceptors (Lipinski definition) is 8. The van der Waals surface area contributed by atoms with E-state index in [4.69, 9.17) is 4.74 Å². The zero-order chi connectivity index (χ0) is 18.2. The highest BCUT2D eigenvalue weighted by Gasteiger charge is 2.35. The van der Waals surface area contributed by atoms with E-state index >= 15 is 0 Å². The number of hydrogen-bond donors (Lipinski definition) is 1. The second-order valence-corrected chi connectivity index (χ2v) is 8.20. The minimum absolute atomic E-state index is 0.00947. The maximum atomic E-state index is 12.9. The first-order valence-corrected chi connectivity index (χ1v) is 9.43. The number of aromatic nitrogens is 2. The number of benzene rings is 1. The Morgan fingerprint density at radius 1 is 1.36 bits per heavy atom. The van der Waals surface area contributed by atoms with Crippen LogP contribution >= 0.6 is 11.3 Å². The van der Waals surface area contributed by atoms with Gasteiger partial charge in [-0.05, 0) is 18.2 Å². The van der Waals surface area contributed by atoms with E-state index in [-0.39, 0.29) is 45.4 Å². The van der Waals surface area contributed by atoms with Crippen molar-refractivity contribution in [2.45, 2.75) is 17.7 Å². The van der Waals surface area contributed by atoms with Crippen molar-refractivity contribution >= 4 is 43.9 Å². The molecule has 0 fully saturated rings. The Morgan fingerprint density at radius 3 is 2.80 bits per heavy atom. The Bertz CT molecular complexity index is 954. The number of nitrogens with zero attached hydrogens (tertiary/aromatic N) is 3.